The standard InChI is InChI=1S/C6H6BrN3O3/c7-3-1-10(2-4(8)11)6(13)9-5(3)12/h1H,2H2,(H2,8,11)(H,9,12,13). The van der Waals surface area contributed by atoms with E-state index in [0.717, 1.165) is 4.57 Å². The summed E-state index contributed by atoms with van der Waals surface area (Å²) >= 11 is 2.91. The van der Waals surface area contributed by atoms with Crippen LogP contribution in [0.15, 0.2) is 20.3 Å². The van der Waals surface area contributed by atoms with E-state index in [4.69, 9.17) is 5.73 Å². The molecule has 0 aliphatic rings. The normalized spacial score (nSPS) is 9.92. The van der Waals surface area contributed by atoms with Gasteiger partial charge < -0.3 is 5.73 Å². The predicted octanol–water partition coefficient (Wildman–Crippen LogP) is -1.22. The summed E-state index contributed by atoms with van der Waals surface area (Å²) in [6, 6.07) is 0. The smallest absolute Gasteiger partial charge is 0.328 e. The monoisotopic (exact) mass is 247 g/mol. The van der Waals surface area contributed by atoms with Gasteiger partial charge in [-0.15, -0.1) is 0 Å². The number of rotatable bonds is 2. The van der Waals surface area contributed by atoms with Crippen LogP contribution in [-0.4, -0.2) is 15.5 Å². The van der Waals surface area contributed by atoms with Crippen molar-refractivity contribution >= 4 is 21.8 Å². The first-order valence-electron chi connectivity index (χ1n) is 3.28. The van der Waals surface area contributed by atoms with Crippen molar-refractivity contribution in [1.82, 2.24) is 9.55 Å². The van der Waals surface area contributed by atoms with Crippen LogP contribution in [0.25, 0.3) is 0 Å². The Morgan fingerprint density at radius 2 is 2.23 bits per heavy atom. The minimum atomic E-state index is -0.660. The van der Waals surface area contributed by atoms with Gasteiger partial charge in [-0.05, 0) is 15.9 Å². The minimum Gasteiger partial charge on any atom is -0.368 e. The molecule has 0 aliphatic carbocycles. The Kier molecular flexibility index (Phi) is 2.66. The number of aromatic nitrogens is 2. The molecular weight excluding hydrogens is 242 g/mol. The molecule has 0 bridgehead atoms. The van der Waals surface area contributed by atoms with E-state index in [9.17, 15) is 14.4 Å². The lowest BCUT2D eigenvalue weighted by molar-refractivity contribution is -0.118. The molecule has 0 aliphatic heterocycles. The maximum Gasteiger partial charge on any atom is 0.328 e. The highest BCUT2D eigenvalue weighted by molar-refractivity contribution is 9.10. The zero-order valence-corrected chi connectivity index (χ0v) is 8.00. The summed E-state index contributed by atoms with van der Waals surface area (Å²) in [6.07, 6.45) is 1.21. The topological polar surface area (TPSA) is 97.9 Å². The molecule has 1 rings (SSSR count). The summed E-state index contributed by atoms with van der Waals surface area (Å²) in [5.74, 6) is -0.652. The van der Waals surface area contributed by atoms with Crippen molar-refractivity contribution in [2.75, 3.05) is 0 Å². The van der Waals surface area contributed by atoms with Gasteiger partial charge in [-0.1, -0.05) is 0 Å². The van der Waals surface area contributed by atoms with Gasteiger partial charge in [0.15, 0.2) is 0 Å². The average molecular weight is 248 g/mol. The van der Waals surface area contributed by atoms with Crippen LogP contribution in [-0.2, 0) is 11.3 Å². The lowest BCUT2D eigenvalue weighted by atomic mass is 10.5. The molecule has 6 nitrogen and oxygen atoms in total. The molecule has 0 radical (unpaired) electrons. The highest BCUT2D eigenvalue weighted by Crippen LogP contribution is 1.97. The van der Waals surface area contributed by atoms with Gasteiger partial charge in [0, 0.05) is 6.20 Å². The zero-order chi connectivity index (χ0) is 10.0. The van der Waals surface area contributed by atoms with E-state index in [1.54, 1.807) is 0 Å². The van der Waals surface area contributed by atoms with E-state index in [1.807, 2.05) is 4.98 Å². The molecule has 7 heteroatoms. The van der Waals surface area contributed by atoms with E-state index in [2.05, 4.69) is 15.9 Å². The van der Waals surface area contributed by atoms with Crippen LogP contribution in [0.3, 0.4) is 0 Å². The van der Waals surface area contributed by atoms with Gasteiger partial charge >= 0.3 is 5.69 Å². The number of hydrogen-bond donors (Lipinski definition) is 2. The average Bonchev–Trinajstić information content (AvgIpc) is 1.99. The summed E-state index contributed by atoms with van der Waals surface area (Å²) in [5, 5.41) is 0. The summed E-state index contributed by atoms with van der Waals surface area (Å²) in [6.45, 7) is -0.256. The molecule has 0 atom stereocenters. The number of carbonyl (C=O) groups is 1. The van der Waals surface area contributed by atoms with E-state index in [-0.39, 0.29) is 11.0 Å². The number of primary amides is 1. The summed E-state index contributed by atoms with van der Waals surface area (Å²) < 4.78 is 1.18. The molecule has 70 valence electrons. The molecule has 3 N–H and O–H groups in total. The quantitative estimate of drug-likeness (QED) is 0.686. The Balaban J connectivity index is 3.24. The van der Waals surface area contributed by atoms with Gasteiger partial charge in [0.1, 0.15) is 6.54 Å². The highest BCUT2D eigenvalue weighted by atomic mass is 79.9. The van der Waals surface area contributed by atoms with E-state index in [1.165, 1.54) is 6.20 Å². The first-order chi connectivity index (χ1) is 6.00. The van der Waals surface area contributed by atoms with Crippen molar-refractivity contribution in [3.8, 4) is 0 Å². The number of amides is 1. The Hall–Kier alpha value is -1.37. The van der Waals surface area contributed by atoms with Gasteiger partial charge in [-0.25, -0.2) is 4.79 Å². The lowest BCUT2D eigenvalue weighted by Gasteiger charge is -2.00. The fraction of sp³-hybridized carbons (Fsp3) is 0.167. The molecule has 1 heterocycles. The third-order valence-corrected chi connectivity index (χ3v) is 1.86. The van der Waals surface area contributed by atoms with Gasteiger partial charge in [0.25, 0.3) is 5.56 Å². The molecule has 1 amide bonds. The van der Waals surface area contributed by atoms with Crippen LogP contribution in [0.4, 0.5) is 0 Å². The Labute approximate surface area is 80.5 Å². The molecule has 0 saturated carbocycles. The maximum atomic E-state index is 11.0. The number of nitrogens with two attached hydrogens (primary N) is 1. The van der Waals surface area contributed by atoms with Crippen LogP contribution in [0, 0.1) is 0 Å². The molecule has 1 aromatic heterocycles. The molecule has 13 heavy (non-hydrogen) atoms. The van der Waals surface area contributed by atoms with Crippen LogP contribution in [0.5, 0.6) is 0 Å². The van der Waals surface area contributed by atoms with Crippen LogP contribution < -0.4 is 17.0 Å². The molecule has 0 saturated heterocycles. The number of hydrogen-bond acceptors (Lipinski definition) is 3. The second-order valence-electron chi connectivity index (χ2n) is 2.33. The van der Waals surface area contributed by atoms with Crippen LogP contribution in [0.2, 0.25) is 0 Å². The Bertz CT molecular complexity index is 447. The second kappa shape index (κ2) is 3.56. The Morgan fingerprint density at radius 3 is 2.77 bits per heavy atom. The van der Waals surface area contributed by atoms with Gasteiger partial charge in [0.05, 0.1) is 4.47 Å². The number of halogens is 1. The summed E-state index contributed by atoms with van der Waals surface area (Å²) in [7, 11) is 0. The third kappa shape index (κ3) is 2.28. The van der Waals surface area contributed by atoms with Crippen LogP contribution in [0.1, 0.15) is 0 Å². The Morgan fingerprint density at radius 1 is 1.62 bits per heavy atom. The fourth-order valence-electron chi connectivity index (χ4n) is 0.768. The third-order valence-electron chi connectivity index (χ3n) is 1.29. The number of nitrogens with one attached hydrogen (secondary N) is 1. The van der Waals surface area contributed by atoms with E-state index < -0.39 is 17.2 Å². The molecule has 0 spiro atoms. The van der Waals surface area contributed by atoms with Crippen LogP contribution >= 0.6 is 15.9 Å². The van der Waals surface area contributed by atoms with Gasteiger partial charge in [-0.2, -0.15) is 0 Å². The number of nitrogens with zero attached hydrogens (tertiary/aromatic N) is 1. The number of H-pyrrole nitrogens is 1. The van der Waals surface area contributed by atoms with Crippen molar-refractivity contribution in [1.29, 1.82) is 0 Å². The van der Waals surface area contributed by atoms with E-state index >= 15 is 0 Å². The lowest BCUT2D eigenvalue weighted by Crippen LogP contribution is -2.33. The van der Waals surface area contributed by atoms with Crippen molar-refractivity contribution < 1.29 is 4.79 Å². The molecule has 0 aromatic carbocycles. The first kappa shape index (κ1) is 9.72. The fourth-order valence-corrected chi connectivity index (χ4v) is 1.11. The maximum absolute atomic E-state index is 11.0. The van der Waals surface area contributed by atoms with E-state index in [0.29, 0.717) is 0 Å². The van der Waals surface area contributed by atoms with Crippen molar-refractivity contribution in [3.05, 3.63) is 31.5 Å². The zero-order valence-electron chi connectivity index (χ0n) is 6.41. The van der Waals surface area contributed by atoms with Crippen molar-refractivity contribution in [3.63, 3.8) is 0 Å². The number of carbonyl (C=O) groups excluding carboxylic acids is 1. The van der Waals surface area contributed by atoms with Gasteiger partial charge in [-0.3, -0.25) is 19.1 Å². The number of aromatic amines is 1. The van der Waals surface area contributed by atoms with Crippen molar-refractivity contribution in [2.24, 2.45) is 5.73 Å². The van der Waals surface area contributed by atoms with Gasteiger partial charge in [0.2, 0.25) is 5.91 Å². The highest BCUT2D eigenvalue weighted by Gasteiger charge is 2.03. The molecule has 1 aromatic rings. The summed E-state index contributed by atoms with van der Waals surface area (Å²) in [4.78, 5) is 34.3. The minimum absolute atomic E-state index is 0.174. The summed E-state index contributed by atoms with van der Waals surface area (Å²) in [5.41, 5.74) is 3.68. The molecule has 0 unspecified atom stereocenters. The molecule has 0 fully saturated rings. The molecular formula is C6H6BrN3O3. The first-order valence-corrected chi connectivity index (χ1v) is 4.07. The predicted molar refractivity (Wildman–Crippen MR) is 48.2 cm³/mol. The SMILES string of the molecule is NC(=O)Cn1cc(Br)c(=O)[nH]c1=O. The second-order valence-corrected chi connectivity index (χ2v) is 3.18. The largest absolute Gasteiger partial charge is 0.368 e. The van der Waals surface area contributed by atoms with Crippen molar-refractivity contribution in [2.45, 2.75) is 6.54 Å².